The second kappa shape index (κ2) is 19.5. The molecule has 2 amide bonds. The smallest absolute Gasteiger partial charge is 0.233 e. The standard InChI is InChI=1S/C10H21N2O2.C3H8N2O.C2H6.V/c1-4-10(3,11)8-12-9(13)6-7-14-5-2;1-3(6)5(2)4;1-2;/h2,4-8,11H2,1,3H3,(H,12,13);4H2,1-2H3;1-2H3;/q-1;;;. The minimum Gasteiger partial charge on any atom is -0.413 e. The van der Waals surface area contributed by atoms with Gasteiger partial charge in [0.1, 0.15) is 0 Å². The van der Waals surface area contributed by atoms with E-state index in [-0.39, 0.29) is 35.9 Å². The Balaban J connectivity index is -0.000000170. The Labute approximate surface area is 153 Å². The van der Waals surface area contributed by atoms with E-state index < -0.39 is 0 Å². The van der Waals surface area contributed by atoms with Crippen LogP contribution in [0.4, 0.5) is 0 Å². The first kappa shape index (κ1) is 30.3. The van der Waals surface area contributed by atoms with Crippen molar-refractivity contribution in [1.29, 1.82) is 0 Å². The first-order chi connectivity index (χ1) is 10.2. The molecule has 0 saturated heterocycles. The molecule has 0 heterocycles. The Hall–Kier alpha value is -0.596. The number of nitrogens with two attached hydrogens (primary N) is 2. The Morgan fingerprint density at radius 1 is 1.35 bits per heavy atom. The topological polar surface area (TPSA) is 111 Å². The van der Waals surface area contributed by atoms with Gasteiger partial charge in [-0.25, -0.2) is 5.84 Å². The van der Waals surface area contributed by atoms with Gasteiger partial charge in [-0.15, -0.1) is 0 Å². The van der Waals surface area contributed by atoms with E-state index in [1.54, 1.807) is 0 Å². The third kappa shape index (κ3) is 26.6. The molecule has 1 radical (unpaired) electrons. The van der Waals surface area contributed by atoms with Crippen LogP contribution in [0.15, 0.2) is 0 Å². The maximum atomic E-state index is 11.2. The van der Waals surface area contributed by atoms with E-state index in [4.69, 9.17) is 16.3 Å². The number of nitrogens with one attached hydrogen (secondary N) is 1. The molecule has 0 aromatic rings. The molecule has 0 rings (SSSR count). The average Bonchev–Trinajstić information content (AvgIpc) is 2.48. The summed E-state index contributed by atoms with van der Waals surface area (Å²) in [7, 11) is 1.50. The molecule has 5 N–H and O–H groups in total. The number of rotatable bonds is 7. The van der Waals surface area contributed by atoms with Crippen molar-refractivity contribution in [3.05, 3.63) is 6.92 Å². The number of amides is 2. The first-order valence-electron chi connectivity index (χ1n) is 7.57. The average molecular weight is 370 g/mol. The van der Waals surface area contributed by atoms with E-state index in [0.717, 1.165) is 11.4 Å². The number of ether oxygens (including phenoxy) is 1. The summed E-state index contributed by atoms with van der Waals surface area (Å²) in [5.41, 5.74) is 5.55. The molecular weight excluding hydrogens is 335 g/mol. The molecule has 0 aromatic heterocycles. The van der Waals surface area contributed by atoms with Gasteiger partial charge >= 0.3 is 0 Å². The zero-order valence-electron chi connectivity index (χ0n) is 15.5. The Bertz CT molecular complexity index is 288. The third-order valence-electron chi connectivity index (χ3n) is 2.61. The van der Waals surface area contributed by atoms with Gasteiger partial charge in [0.15, 0.2) is 0 Å². The molecule has 0 aliphatic carbocycles. The van der Waals surface area contributed by atoms with Crippen LogP contribution in [0.5, 0.6) is 0 Å². The summed E-state index contributed by atoms with van der Waals surface area (Å²) in [5.74, 6) is 4.76. The number of carbonyl (C=O) groups excluding carboxylic acids is 2. The van der Waals surface area contributed by atoms with E-state index in [1.165, 1.54) is 14.0 Å². The molecule has 8 heteroatoms. The first-order valence-corrected chi connectivity index (χ1v) is 7.57. The van der Waals surface area contributed by atoms with Crippen LogP contribution in [0.1, 0.15) is 47.5 Å². The fourth-order valence-electron chi connectivity index (χ4n) is 0.781. The van der Waals surface area contributed by atoms with E-state index in [1.807, 2.05) is 27.7 Å². The van der Waals surface area contributed by atoms with Crippen molar-refractivity contribution < 1.29 is 32.9 Å². The number of nitrogens with zero attached hydrogens (tertiary/aromatic N) is 1. The van der Waals surface area contributed by atoms with Crippen LogP contribution in [-0.2, 0) is 32.9 Å². The van der Waals surface area contributed by atoms with Crippen molar-refractivity contribution in [2.45, 2.75) is 53.0 Å². The summed E-state index contributed by atoms with van der Waals surface area (Å²) in [6.45, 7) is 14.2. The van der Waals surface area contributed by atoms with Crippen LogP contribution >= 0.6 is 0 Å². The second-order valence-corrected chi connectivity index (χ2v) is 4.78. The molecule has 139 valence electrons. The zero-order chi connectivity index (χ0) is 18.2. The van der Waals surface area contributed by atoms with Gasteiger partial charge in [-0.3, -0.25) is 14.6 Å². The van der Waals surface area contributed by atoms with Gasteiger partial charge in [-0.05, 0) is 13.3 Å². The Morgan fingerprint density at radius 3 is 2.09 bits per heavy atom. The summed E-state index contributed by atoms with van der Waals surface area (Å²) in [5, 5.41) is 3.80. The van der Waals surface area contributed by atoms with Gasteiger partial charge in [-0.2, -0.15) is 0 Å². The van der Waals surface area contributed by atoms with Gasteiger partial charge in [0, 0.05) is 51.0 Å². The summed E-state index contributed by atoms with van der Waals surface area (Å²) >= 11 is 0. The minimum absolute atomic E-state index is 0. The van der Waals surface area contributed by atoms with Gasteiger partial charge in [0.05, 0.1) is 6.61 Å². The van der Waals surface area contributed by atoms with Crippen molar-refractivity contribution in [2.24, 2.45) is 11.6 Å². The Morgan fingerprint density at radius 2 is 1.78 bits per heavy atom. The molecule has 7 nitrogen and oxygen atoms in total. The summed E-state index contributed by atoms with van der Waals surface area (Å²) < 4.78 is 4.96. The second-order valence-electron chi connectivity index (χ2n) is 4.78. The quantitative estimate of drug-likeness (QED) is 0.202. The fraction of sp³-hybridized carbons (Fsp3) is 0.800. The maximum absolute atomic E-state index is 11.2. The number of hydrogen-bond acceptors (Lipinski definition) is 5. The van der Waals surface area contributed by atoms with Crippen molar-refractivity contribution in [2.75, 3.05) is 26.8 Å². The van der Waals surface area contributed by atoms with Gasteiger partial charge < -0.3 is 22.7 Å². The number of carbonyl (C=O) groups is 2. The normalized spacial score (nSPS) is 11.3. The van der Waals surface area contributed by atoms with Gasteiger partial charge in [0.2, 0.25) is 11.8 Å². The van der Waals surface area contributed by atoms with Crippen LogP contribution in [0, 0.1) is 6.92 Å². The largest absolute Gasteiger partial charge is 0.413 e. The summed E-state index contributed by atoms with van der Waals surface area (Å²) in [6.07, 6.45) is 1.21. The SMILES string of the molecule is CC.CC(=O)N(C)N.[CH2-]COCCC(=O)NCC(C)(N)CC.[V]. The molecule has 1 unspecified atom stereocenters. The number of hydrazine groups is 1. The molecular formula is C15H35N4O3V-. The summed E-state index contributed by atoms with van der Waals surface area (Å²) in [4.78, 5) is 21.2. The molecule has 0 aliphatic rings. The van der Waals surface area contributed by atoms with Gasteiger partial charge in [0.25, 0.3) is 0 Å². The zero-order valence-corrected chi connectivity index (χ0v) is 16.9. The molecule has 0 fully saturated rings. The predicted molar refractivity (Wildman–Crippen MR) is 90.7 cm³/mol. The predicted octanol–water partition coefficient (Wildman–Crippen LogP) is 0.833. The molecule has 0 aromatic carbocycles. The van der Waals surface area contributed by atoms with Crippen LogP contribution in [0.2, 0.25) is 0 Å². The number of hydrogen-bond donors (Lipinski definition) is 3. The van der Waals surface area contributed by atoms with Crippen LogP contribution in [0.3, 0.4) is 0 Å². The van der Waals surface area contributed by atoms with E-state index in [9.17, 15) is 9.59 Å². The third-order valence-corrected chi connectivity index (χ3v) is 2.61. The van der Waals surface area contributed by atoms with Crippen LogP contribution in [-0.4, -0.2) is 49.2 Å². The van der Waals surface area contributed by atoms with Crippen LogP contribution < -0.4 is 16.9 Å². The maximum Gasteiger partial charge on any atom is 0.233 e. The van der Waals surface area contributed by atoms with Crippen molar-refractivity contribution in [3.63, 3.8) is 0 Å². The van der Waals surface area contributed by atoms with E-state index >= 15 is 0 Å². The minimum atomic E-state index is -0.317. The monoisotopic (exact) mass is 370 g/mol. The Kier molecular flexibility index (Phi) is 25.6. The van der Waals surface area contributed by atoms with E-state index in [2.05, 4.69) is 12.2 Å². The van der Waals surface area contributed by atoms with Gasteiger partial charge in [-0.1, -0.05) is 27.4 Å². The molecule has 1 atom stereocenters. The molecule has 0 aliphatic heterocycles. The van der Waals surface area contributed by atoms with Crippen molar-refractivity contribution >= 4 is 11.8 Å². The fourth-order valence-corrected chi connectivity index (χ4v) is 0.781. The molecule has 0 spiro atoms. The molecule has 0 saturated carbocycles. The van der Waals surface area contributed by atoms with Crippen molar-refractivity contribution in [1.82, 2.24) is 10.3 Å². The molecule has 23 heavy (non-hydrogen) atoms. The summed E-state index contributed by atoms with van der Waals surface area (Å²) in [6, 6.07) is 0. The molecule has 0 bridgehead atoms. The van der Waals surface area contributed by atoms with Crippen molar-refractivity contribution in [3.8, 4) is 0 Å². The van der Waals surface area contributed by atoms with E-state index in [0.29, 0.717) is 26.2 Å². The van der Waals surface area contributed by atoms with Crippen LogP contribution in [0.25, 0.3) is 0 Å².